The first-order valence-electron chi connectivity index (χ1n) is 7.65. The second-order valence-electron chi connectivity index (χ2n) is 5.95. The molecule has 2 fully saturated rings. The zero-order valence-corrected chi connectivity index (χ0v) is 12.8. The molecule has 0 spiro atoms. The number of nitrogens with zero attached hydrogens (tertiary/aromatic N) is 1. The Hall–Kier alpha value is -0.650. The van der Waals surface area contributed by atoms with E-state index in [-0.39, 0.29) is 24.2 Å². The lowest BCUT2D eigenvalue weighted by atomic mass is 10.0. The molecule has 20 heavy (non-hydrogen) atoms. The predicted molar refractivity (Wildman–Crippen MR) is 75.5 cm³/mol. The minimum atomic E-state index is 0.147. The largest absolute Gasteiger partial charge is 0.384 e. The van der Waals surface area contributed by atoms with Crippen molar-refractivity contribution >= 4 is 5.91 Å². The number of rotatable bonds is 6. The second kappa shape index (κ2) is 7.38. The van der Waals surface area contributed by atoms with Gasteiger partial charge < -0.3 is 19.1 Å². The maximum absolute atomic E-state index is 12.2. The van der Waals surface area contributed by atoms with Crippen LogP contribution < -0.4 is 0 Å². The number of morpholine rings is 1. The van der Waals surface area contributed by atoms with Crippen LogP contribution in [0.5, 0.6) is 0 Å². The van der Waals surface area contributed by atoms with Crippen LogP contribution in [0.3, 0.4) is 0 Å². The Kier molecular flexibility index (Phi) is 5.81. The first-order chi connectivity index (χ1) is 9.63. The molecule has 0 aromatic heterocycles. The quantitative estimate of drug-likeness (QED) is 0.741. The van der Waals surface area contributed by atoms with Gasteiger partial charge in [-0.2, -0.15) is 0 Å². The molecule has 1 aliphatic carbocycles. The average Bonchev–Trinajstić information content (AvgIpc) is 2.85. The highest BCUT2D eigenvalue weighted by molar-refractivity contribution is 5.76. The van der Waals surface area contributed by atoms with Gasteiger partial charge in [0.2, 0.25) is 5.91 Å². The molecule has 1 amide bonds. The highest BCUT2D eigenvalue weighted by atomic mass is 16.5. The molecule has 0 radical (unpaired) electrons. The van der Waals surface area contributed by atoms with E-state index in [0.717, 1.165) is 19.4 Å². The van der Waals surface area contributed by atoms with Crippen LogP contribution in [0, 0.1) is 5.92 Å². The van der Waals surface area contributed by atoms with Crippen molar-refractivity contribution in [3.63, 3.8) is 0 Å². The topological polar surface area (TPSA) is 48.0 Å². The molecule has 5 nitrogen and oxygen atoms in total. The Morgan fingerprint density at radius 2 is 2.20 bits per heavy atom. The van der Waals surface area contributed by atoms with E-state index in [0.29, 0.717) is 32.1 Å². The van der Waals surface area contributed by atoms with Crippen molar-refractivity contribution in [1.29, 1.82) is 0 Å². The molecule has 1 aliphatic heterocycles. The van der Waals surface area contributed by atoms with Crippen LogP contribution in [0.1, 0.15) is 33.1 Å². The summed E-state index contributed by atoms with van der Waals surface area (Å²) in [6.45, 7) is 6.68. The minimum absolute atomic E-state index is 0.147. The lowest BCUT2D eigenvalue weighted by Gasteiger charge is -2.39. The van der Waals surface area contributed by atoms with Crippen LogP contribution >= 0.6 is 0 Å². The fraction of sp³-hybridized carbons (Fsp3) is 0.933. The van der Waals surface area contributed by atoms with Crippen molar-refractivity contribution < 1.29 is 19.0 Å². The fourth-order valence-electron chi connectivity index (χ4n) is 3.20. The third-order valence-corrected chi connectivity index (χ3v) is 4.20. The van der Waals surface area contributed by atoms with Crippen LogP contribution in [-0.2, 0) is 19.0 Å². The third-order valence-electron chi connectivity index (χ3n) is 4.20. The van der Waals surface area contributed by atoms with E-state index in [1.165, 1.54) is 0 Å². The lowest BCUT2D eigenvalue weighted by molar-refractivity contribution is -0.148. The van der Waals surface area contributed by atoms with Gasteiger partial charge in [0.1, 0.15) is 0 Å². The number of ether oxygens (including phenoxy) is 3. The Balaban J connectivity index is 1.91. The summed E-state index contributed by atoms with van der Waals surface area (Å²) in [5.41, 5.74) is 0. The number of carbonyl (C=O) groups excluding carboxylic acids is 1. The molecule has 1 heterocycles. The van der Waals surface area contributed by atoms with E-state index in [1.54, 1.807) is 7.11 Å². The van der Waals surface area contributed by atoms with Gasteiger partial charge in [0, 0.05) is 19.6 Å². The van der Waals surface area contributed by atoms with E-state index in [1.807, 2.05) is 4.90 Å². The van der Waals surface area contributed by atoms with E-state index in [9.17, 15) is 4.79 Å². The van der Waals surface area contributed by atoms with E-state index < -0.39 is 0 Å². The average molecular weight is 285 g/mol. The van der Waals surface area contributed by atoms with Crippen molar-refractivity contribution in [1.82, 2.24) is 4.90 Å². The van der Waals surface area contributed by atoms with Gasteiger partial charge in [-0.15, -0.1) is 0 Å². The maximum atomic E-state index is 12.2. The fourth-order valence-corrected chi connectivity index (χ4v) is 3.20. The van der Waals surface area contributed by atoms with Crippen molar-refractivity contribution in [3.05, 3.63) is 0 Å². The Labute approximate surface area is 121 Å². The highest BCUT2D eigenvalue weighted by Crippen LogP contribution is 2.35. The zero-order valence-electron chi connectivity index (χ0n) is 12.8. The summed E-state index contributed by atoms with van der Waals surface area (Å²) in [5, 5.41) is 0. The normalized spacial score (nSPS) is 29.8. The first kappa shape index (κ1) is 15.7. The smallest absolute Gasteiger partial charge is 0.225 e. The summed E-state index contributed by atoms with van der Waals surface area (Å²) in [5.74, 6) is 0.607. The summed E-state index contributed by atoms with van der Waals surface area (Å²) in [6.07, 6.45) is 2.96. The highest BCUT2D eigenvalue weighted by Gasteiger charge is 2.44. The van der Waals surface area contributed by atoms with E-state index >= 15 is 0 Å². The molecule has 0 N–H and O–H groups in total. The Morgan fingerprint density at radius 1 is 1.40 bits per heavy atom. The summed E-state index contributed by atoms with van der Waals surface area (Å²) in [4.78, 5) is 14.2. The molecule has 0 aromatic rings. The van der Waals surface area contributed by atoms with Crippen LogP contribution in [0.15, 0.2) is 0 Å². The van der Waals surface area contributed by atoms with Crippen LogP contribution in [0.2, 0.25) is 0 Å². The van der Waals surface area contributed by atoms with Gasteiger partial charge in [-0.05, 0) is 26.7 Å². The molecule has 0 unspecified atom stereocenters. The molecule has 2 aliphatic rings. The van der Waals surface area contributed by atoms with Gasteiger partial charge in [0.25, 0.3) is 0 Å². The van der Waals surface area contributed by atoms with E-state index in [2.05, 4.69) is 13.8 Å². The molecule has 0 aromatic carbocycles. The first-order valence-corrected chi connectivity index (χ1v) is 7.65. The van der Waals surface area contributed by atoms with Crippen molar-refractivity contribution in [2.45, 2.75) is 51.4 Å². The SMILES string of the molecule is COCCC(=O)N1CCO[C@@H]2[C@H](COC(C)C)CC[C@@H]21. The van der Waals surface area contributed by atoms with E-state index in [4.69, 9.17) is 14.2 Å². The summed E-state index contributed by atoms with van der Waals surface area (Å²) < 4.78 is 16.7. The van der Waals surface area contributed by atoms with Gasteiger partial charge in [0.05, 0.1) is 44.5 Å². The summed E-state index contributed by atoms with van der Waals surface area (Å²) in [7, 11) is 1.63. The monoisotopic (exact) mass is 285 g/mol. The number of carbonyl (C=O) groups is 1. The molecule has 1 saturated carbocycles. The van der Waals surface area contributed by atoms with Gasteiger partial charge in [-0.3, -0.25) is 4.79 Å². The molecule has 3 atom stereocenters. The van der Waals surface area contributed by atoms with Gasteiger partial charge in [-0.25, -0.2) is 0 Å². The zero-order chi connectivity index (χ0) is 14.5. The standard InChI is InChI=1S/C15H27NO4/c1-11(2)20-10-12-4-5-13-15(12)19-9-7-16(13)14(17)6-8-18-3/h11-13,15H,4-10H2,1-3H3/t12-,13-,15+/m0/s1. The molecular formula is C15H27NO4. The molecule has 2 rings (SSSR count). The van der Waals surface area contributed by atoms with Crippen LogP contribution in [-0.4, -0.2) is 62.5 Å². The molecular weight excluding hydrogens is 258 g/mol. The molecule has 1 saturated heterocycles. The van der Waals surface area contributed by atoms with Crippen molar-refractivity contribution in [2.24, 2.45) is 5.92 Å². The van der Waals surface area contributed by atoms with Gasteiger partial charge in [0.15, 0.2) is 0 Å². The number of methoxy groups -OCH3 is 1. The van der Waals surface area contributed by atoms with Crippen molar-refractivity contribution in [3.8, 4) is 0 Å². The number of fused-ring (bicyclic) bond motifs is 1. The molecule has 5 heteroatoms. The second-order valence-corrected chi connectivity index (χ2v) is 5.95. The predicted octanol–water partition coefficient (Wildman–Crippen LogP) is 1.45. The minimum Gasteiger partial charge on any atom is -0.384 e. The van der Waals surface area contributed by atoms with Gasteiger partial charge >= 0.3 is 0 Å². The van der Waals surface area contributed by atoms with Crippen molar-refractivity contribution in [2.75, 3.05) is 33.5 Å². The van der Waals surface area contributed by atoms with Crippen LogP contribution in [0.25, 0.3) is 0 Å². The summed E-state index contributed by atoms with van der Waals surface area (Å²) >= 11 is 0. The number of hydrogen-bond donors (Lipinski definition) is 0. The molecule has 116 valence electrons. The molecule has 0 bridgehead atoms. The number of hydrogen-bond acceptors (Lipinski definition) is 4. The third kappa shape index (κ3) is 3.71. The Bertz CT molecular complexity index is 321. The summed E-state index contributed by atoms with van der Waals surface area (Å²) in [6, 6.07) is 0.230. The van der Waals surface area contributed by atoms with Crippen LogP contribution in [0.4, 0.5) is 0 Å². The maximum Gasteiger partial charge on any atom is 0.225 e. The Morgan fingerprint density at radius 3 is 2.90 bits per heavy atom. The van der Waals surface area contributed by atoms with Gasteiger partial charge in [-0.1, -0.05) is 0 Å². The lowest BCUT2D eigenvalue weighted by Crippen LogP contribution is -2.53. The number of amides is 1.